The monoisotopic (exact) mass is 133 g/mol. The van der Waals surface area contributed by atoms with Gasteiger partial charge in [-0.2, -0.15) is 0 Å². The summed E-state index contributed by atoms with van der Waals surface area (Å²) >= 11 is 0. The standard InChI is InChI=1S/C9H11N/c1-7-9-5-3-2-4-8(9)6-10-7/h2-5,7,10H,6H2,1H3/t7-/m0/s1. The van der Waals surface area contributed by atoms with Gasteiger partial charge in [0.1, 0.15) is 0 Å². The molecule has 52 valence electrons. The molecule has 10 heavy (non-hydrogen) atoms. The van der Waals surface area contributed by atoms with Crippen molar-refractivity contribution in [1.82, 2.24) is 5.32 Å². The van der Waals surface area contributed by atoms with Crippen molar-refractivity contribution in [3.63, 3.8) is 0 Å². The van der Waals surface area contributed by atoms with Crippen LogP contribution < -0.4 is 5.32 Å². The maximum Gasteiger partial charge on any atom is 0.0298 e. The lowest BCUT2D eigenvalue weighted by Gasteiger charge is -2.01. The summed E-state index contributed by atoms with van der Waals surface area (Å²) in [6.07, 6.45) is 0. The smallest absolute Gasteiger partial charge is 0.0298 e. The van der Waals surface area contributed by atoms with E-state index in [2.05, 4.69) is 36.5 Å². The summed E-state index contributed by atoms with van der Waals surface area (Å²) < 4.78 is 0. The Labute approximate surface area is 61.1 Å². The van der Waals surface area contributed by atoms with E-state index >= 15 is 0 Å². The molecule has 0 spiro atoms. The van der Waals surface area contributed by atoms with Gasteiger partial charge in [0.15, 0.2) is 0 Å². The summed E-state index contributed by atoms with van der Waals surface area (Å²) in [5.41, 5.74) is 2.91. The Kier molecular flexibility index (Phi) is 1.24. The van der Waals surface area contributed by atoms with Gasteiger partial charge in [-0.1, -0.05) is 24.3 Å². The summed E-state index contributed by atoms with van der Waals surface area (Å²) in [6.45, 7) is 3.24. The largest absolute Gasteiger partial charge is 0.306 e. The van der Waals surface area contributed by atoms with Crippen molar-refractivity contribution in [1.29, 1.82) is 0 Å². The minimum atomic E-state index is 0.552. The van der Waals surface area contributed by atoms with Crippen molar-refractivity contribution in [3.05, 3.63) is 35.4 Å². The van der Waals surface area contributed by atoms with Crippen LogP contribution in [0.4, 0.5) is 0 Å². The molecule has 0 aromatic heterocycles. The minimum Gasteiger partial charge on any atom is -0.306 e. The van der Waals surface area contributed by atoms with Crippen molar-refractivity contribution in [3.8, 4) is 0 Å². The van der Waals surface area contributed by atoms with Gasteiger partial charge in [0.2, 0.25) is 0 Å². The number of fused-ring (bicyclic) bond motifs is 1. The summed E-state index contributed by atoms with van der Waals surface area (Å²) in [7, 11) is 0. The zero-order valence-electron chi connectivity index (χ0n) is 6.09. The zero-order valence-corrected chi connectivity index (χ0v) is 6.09. The first-order valence-corrected chi connectivity index (χ1v) is 3.69. The second-order valence-electron chi connectivity index (χ2n) is 2.80. The van der Waals surface area contributed by atoms with Gasteiger partial charge < -0.3 is 5.32 Å². The molecular weight excluding hydrogens is 122 g/mol. The van der Waals surface area contributed by atoms with Crippen LogP contribution in [0, 0.1) is 0 Å². The van der Waals surface area contributed by atoms with Crippen LogP contribution in [-0.4, -0.2) is 0 Å². The van der Waals surface area contributed by atoms with Crippen LogP contribution in [0.25, 0.3) is 0 Å². The van der Waals surface area contributed by atoms with Gasteiger partial charge >= 0.3 is 0 Å². The van der Waals surface area contributed by atoms with Crippen LogP contribution in [0.2, 0.25) is 0 Å². The highest BCUT2D eigenvalue weighted by Crippen LogP contribution is 2.23. The fourth-order valence-corrected chi connectivity index (χ4v) is 1.49. The maximum absolute atomic E-state index is 3.38. The van der Waals surface area contributed by atoms with Crippen LogP contribution >= 0.6 is 0 Å². The molecule has 0 radical (unpaired) electrons. The lowest BCUT2D eigenvalue weighted by atomic mass is 10.1. The predicted octanol–water partition coefficient (Wildman–Crippen LogP) is 1.85. The molecule has 0 saturated carbocycles. The van der Waals surface area contributed by atoms with E-state index in [1.54, 1.807) is 0 Å². The van der Waals surface area contributed by atoms with Crippen LogP contribution in [0.1, 0.15) is 24.1 Å². The van der Waals surface area contributed by atoms with E-state index in [9.17, 15) is 0 Å². The highest BCUT2D eigenvalue weighted by atomic mass is 14.9. The first-order chi connectivity index (χ1) is 4.88. The number of hydrogen-bond donors (Lipinski definition) is 1. The van der Waals surface area contributed by atoms with E-state index < -0.39 is 0 Å². The van der Waals surface area contributed by atoms with Crippen LogP contribution in [-0.2, 0) is 6.54 Å². The zero-order chi connectivity index (χ0) is 6.97. The molecule has 0 saturated heterocycles. The van der Waals surface area contributed by atoms with Crippen LogP contribution in [0.5, 0.6) is 0 Å². The summed E-state index contributed by atoms with van der Waals surface area (Å²) in [5.74, 6) is 0. The normalized spacial score (nSPS) is 22.7. The third-order valence-corrected chi connectivity index (χ3v) is 2.12. The third kappa shape index (κ3) is 0.745. The van der Waals surface area contributed by atoms with Gasteiger partial charge in [-0.25, -0.2) is 0 Å². The van der Waals surface area contributed by atoms with E-state index in [1.807, 2.05) is 0 Å². The molecule has 1 heterocycles. The fraction of sp³-hybridized carbons (Fsp3) is 0.333. The number of nitrogens with one attached hydrogen (secondary N) is 1. The molecule has 0 bridgehead atoms. The quantitative estimate of drug-likeness (QED) is 0.569. The molecule has 2 rings (SSSR count). The molecule has 1 N–H and O–H groups in total. The Balaban J connectivity index is 2.51. The molecule has 1 aromatic rings. The number of rotatable bonds is 0. The first-order valence-electron chi connectivity index (χ1n) is 3.69. The van der Waals surface area contributed by atoms with E-state index in [0.717, 1.165) is 6.54 Å². The Hall–Kier alpha value is -0.820. The molecule has 0 fully saturated rings. The Morgan fingerprint density at radius 1 is 1.40 bits per heavy atom. The third-order valence-electron chi connectivity index (χ3n) is 2.12. The second kappa shape index (κ2) is 2.10. The number of hydrogen-bond acceptors (Lipinski definition) is 1. The number of benzene rings is 1. The summed E-state index contributed by atoms with van der Waals surface area (Å²) in [4.78, 5) is 0. The van der Waals surface area contributed by atoms with Crippen LogP contribution in [0.15, 0.2) is 24.3 Å². The van der Waals surface area contributed by atoms with Gasteiger partial charge in [-0.15, -0.1) is 0 Å². The van der Waals surface area contributed by atoms with Crippen molar-refractivity contribution in [2.75, 3.05) is 0 Å². The van der Waals surface area contributed by atoms with Crippen molar-refractivity contribution in [2.45, 2.75) is 19.5 Å². The molecule has 0 aliphatic carbocycles. The van der Waals surface area contributed by atoms with Gasteiger partial charge in [0, 0.05) is 12.6 Å². The molecule has 1 heteroatoms. The van der Waals surface area contributed by atoms with Crippen LogP contribution in [0.3, 0.4) is 0 Å². The lowest BCUT2D eigenvalue weighted by molar-refractivity contribution is 0.633. The van der Waals surface area contributed by atoms with Gasteiger partial charge in [-0.05, 0) is 18.1 Å². The minimum absolute atomic E-state index is 0.552. The van der Waals surface area contributed by atoms with E-state index in [-0.39, 0.29) is 0 Å². The molecular formula is C9H11N. The average molecular weight is 133 g/mol. The molecule has 1 aliphatic heterocycles. The molecule has 1 nitrogen and oxygen atoms in total. The van der Waals surface area contributed by atoms with Crippen molar-refractivity contribution >= 4 is 0 Å². The fourth-order valence-electron chi connectivity index (χ4n) is 1.49. The van der Waals surface area contributed by atoms with Gasteiger partial charge in [0.05, 0.1) is 0 Å². The summed E-state index contributed by atoms with van der Waals surface area (Å²) in [5, 5.41) is 3.38. The molecule has 0 unspecified atom stereocenters. The van der Waals surface area contributed by atoms with E-state index in [1.165, 1.54) is 11.1 Å². The Morgan fingerprint density at radius 3 is 3.00 bits per heavy atom. The highest BCUT2D eigenvalue weighted by Gasteiger charge is 2.15. The second-order valence-corrected chi connectivity index (χ2v) is 2.80. The maximum atomic E-state index is 3.38. The SMILES string of the molecule is C[C@@H]1NCc2ccccc21. The molecule has 0 amide bonds. The Morgan fingerprint density at radius 2 is 2.20 bits per heavy atom. The predicted molar refractivity (Wildman–Crippen MR) is 41.7 cm³/mol. The summed E-state index contributed by atoms with van der Waals surface area (Å²) in [6, 6.07) is 9.13. The molecule has 1 aromatic carbocycles. The highest BCUT2D eigenvalue weighted by molar-refractivity contribution is 5.32. The molecule has 1 atom stereocenters. The van der Waals surface area contributed by atoms with E-state index in [0.29, 0.717) is 6.04 Å². The Bertz CT molecular complexity index is 242. The van der Waals surface area contributed by atoms with Crippen molar-refractivity contribution in [2.24, 2.45) is 0 Å². The topological polar surface area (TPSA) is 12.0 Å². The average Bonchev–Trinajstić information content (AvgIpc) is 2.34. The van der Waals surface area contributed by atoms with E-state index in [4.69, 9.17) is 0 Å². The first kappa shape index (κ1) is 5.93. The van der Waals surface area contributed by atoms with Gasteiger partial charge in [-0.3, -0.25) is 0 Å². The molecule has 1 aliphatic rings. The lowest BCUT2D eigenvalue weighted by Crippen LogP contribution is -2.06. The van der Waals surface area contributed by atoms with Gasteiger partial charge in [0.25, 0.3) is 0 Å². The van der Waals surface area contributed by atoms with Crippen molar-refractivity contribution < 1.29 is 0 Å².